The average molecular weight is 232 g/mol. The van der Waals surface area contributed by atoms with Crippen molar-refractivity contribution in [2.45, 2.75) is 19.3 Å². The van der Waals surface area contributed by atoms with Crippen LogP contribution in [0.3, 0.4) is 0 Å². The van der Waals surface area contributed by atoms with Gasteiger partial charge in [0.15, 0.2) is 5.82 Å². The van der Waals surface area contributed by atoms with Crippen molar-refractivity contribution in [2.24, 2.45) is 0 Å². The first kappa shape index (κ1) is 11.3. The summed E-state index contributed by atoms with van der Waals surface area (Å²) in [5, 5.41) is 22.3. The second-order valence-electron chi connectivity index (χ2n) is 3.67. The molecule has 2 aromatic rings. The molecule has 0 bridgehead atoms. The zero-order valence-corrected chi connectivity index (χ0v) is 9.13. The highest BCUT2D eigenvalue weighted by atomic mass is 16.4. The molecule has 0 radical (unpaired) electrons. The van der Waals surface area contributed by atoms with Gasteiger partial charge in [-0.15, -0.1) is 10.2 Å². The van der Waals surface area contributed by atoms with Gasteiger partial charge in [0, 0.05) is 12.8 Å². The van der Waals surface area contributed by atoms with E-state index in [9.17, 15) is 4.79 Å². The first-order chi connectivity index (χ1) is 8.25. The molecule has 6 nitrogen and oxygen atoms in total. The Hall–Kier alpha value is -2.24. The lowest BCUT2D eigenvalue weighted by atomic mass is 10.0. The van der Waals surface area contributed by atoms with Crippen LogP contribution in [0.2, 0.25) is 0 Å². The number of nitrogens with zero attached hydrogens (tertiary/aromatic N) is 3. The van der Waals surface area contributed by atoms with E-state index in [0.29, 0.717) is 18.7 Å². The monoisotopic (exact) mass is 232 g/mol. The number of hydrogen-bond donors (Lipinski definition) is 2. The fourth-order valence-electron chi connectivity index (χ4n) is 1.64. The minimum absolute atomic E-state index is 0.128. The van der Waals surface area contributed by atoms with Crippen molar-refractivity contribution in [2.75, 3.05) is 0 Å². The molecule has 0 aliphatic carbocycles. The minimum Gasteiger partial charge on any atom is -0.481 e. The molecule has 2 N–H and O–H groups in total. The molecule has 1 aromatic heterocycles. The van der Waals surface area contributed by atoms with Gasteiger partial charge in [-0.2, -0.15) is 5.21 Å². The summed E-state index contributed by atoms with van der Waals surface area (Å²) in [6.07, 6.45) is 1.21. The number of rotatable bonds is 5. The fourth-order valence-corrected chi connectivity index (χ4v) is 1.64. The van der Waals surface area contributed by atoms with Gasteiger partial charge in [-0.05, 0) is 17.5 Å². The number of carboxylic acids is 1. The van der Waals surface area contributed by atoms with E-state index < -0.39 is 5.97 Å². The molecule has 6 heteroatoms. The van der Waals surface area contributed by atoms with E-state index in [2.05, 4.69) is 20.6 Å². The summed E-state index contributed by atoms with van der Waals surface area (Å²) in [5.41, 5.74) is 2.05. The van der Waals surface area contributed by atoms with E-state index >= 15 is 0 Å². The molecule has 0 aliphatic rings. The Morgan fingerprint density at radius 3 is 2.71 bits per heavy atom. The van der Waals surface area contributed by atoms with Crippen LogP contribution in [0.25, 0.3) is 0 Å². The van der Waals surface area contributed by atoms with E-state index in [1.165, 1.54) is 0 Å². The molecule has 0 saturated carbocycles. The maximum atomic E-state index is 10.6. The van der Waals surface area contributed by atoms with Gasteiger partial charge in [0.25, 0.3) is 0 Å². The van der Waals surface area contributed by atoms with Gasteiger partial charge < -0.3 is 5.11 Å². The van der Waals surface area contributed by atoms with E-state index in [0.717, 1.165) is 11.1 Å². The standard InChI is InChI=1S/C11H12N4O2/c16-11(17)6-5-8-3-1-2-4-9(8)7-10-12-14-15-13-10/h1-4H,5-7H2,(H,16,17)(H,12,13,14,15). The molecule has 17 heavy (non-hydrogen) atoms. The summed E-state index contributed by atoms with van der Waals surface area (Å²) >= 11 is 0. The Morgan fingerprint density at radius 2 is 2.06 bits per heavy atom. The second kappa shape index (κ2) is 5.20. The summed E-state index contributed by atoms with van der Waals surface area (Å²) in [6.45, 7) is 0. The molecule has 2 rings (SSSR count). The number of carbonyl (C=O) groups is 1. The van der Waals surface area contributed by atoms with Crippen molar-refractivity contribution >= 4 is 5.97 Å². The molecule has 0 saturated heterocycles. The zero-order chi connectivity index (χ0) is 12.1. The molecule has 0 atom stereocenters. The lowest BCUT2D eigenvalue weighted by molar-refractivity contribution is -0.136. The minimum atomic E-state index is -0.792. The van der Waals surface area contributed by atoms with E-state index in [1.807, 2.05) is 24.3 Å². The number of aliphatic carboxylic acids is 1. The van der Waals surface area contributed by atoms with Crippen LogP contribution in [0.4, 0.5) is 0 Å². The normalized spacial score (nSPS) is 10.4. The number of nitrogens with one attached hydrogen (secondary N) is 1. The SMILES string of the molecule is O=C(O)CCc1ccccc1Cc1nn[nH]n1. The summed E-state index contributed by atoms with van der Waals surface area (Å²) in [7, 11) is 0. The Balaban J connectivity index is 2.13. The molecule has 0 spiro atoms. The van der Waals surface area contributed by atoms with Gasteiger partial charge in [0.05, 0.1) is 0 Å². The zero-order valence-electron chi connectivity index (χ0n) is 9.13. The number of aromatic amines is 1. The number of H-pyrrole nitrogens is 1. The van der Waals surface area contributed by atoms with Crippen LogP contribution in [0.5, 0.6) is 0 Å². The third-order valence-corrected chi connectivity index (χ3v) is 2.46. The predicted octanol–water partition coefficient (Wildman–Crippen LogP) is 0.808. The van der Waals surface area contributed by atoms with Gasteiger partial charge in [-0.25, -0.2) is 0 Å². The van der Waals surface area contributed by atoms with Crippen LogP contribution in [0.1, 0.15) is 23.4 Å². The quantitative estimate of drug-likeness (QED) is 0.795. The molecule has 0 aliphatic heterocycles. The van der Waals surface area contributed by atoms with Gasteiger partial charge in [0.2, 0.25) is 0 Å². The van der Waals surface area contributed by atoms with Crippen LogP contribution in [0.15, 0.2) is 24.3 Å². The number of hydrogen-bond acceptors (Lipinski definition) is 4. The highest BCUT2D eigenvalue weighted by molar-refractivity contribution is 5.67. The lowest BCUT2D eigenvalue weighted by Crippen LogP contribution is -2.01. The van der Waals surface area contributed by atoms with Crippen molar-refractivity contribution in [3.05, 3.63) is 41.2 Å². The van der Waals surface area contributed by atoms with Gasteiger partial charge in [-0.3, -0.25) is 4.79 Å². The highest BCUT2D eigenvalue weighted by Crippen LogP contribution is 2.13. The number of carboxylic acid groups (broad SMARTS) is 1. The molecule has 0 fully saturated rings. The highest BCUT2D eigenvalue weighted by Gasteiger charge is 2.07. The van der Waals surface area contributed by atoms with Crippen LogP contribution in [-0.4, -0.2) is 31.7 Å². The average Bonchev–Trinajstić information content (AvgIpc) is 2.80. The molecular formula is C11H12N4O2. The first-order valence-electron chi connectivity index (χ1n) is 5.26. The largest absolute Gasteiger partial charge is 0.481 e. The predicted molar refractivity (Wildman–Crippen MR) is 59.4 cm³/mol. The van der Waals surface area contributed by atoms with Crippen molar-refractivity contribution in [3.63, 3.8) is 0 Å². The van der Waals surface area contributed by atoms with Crippen molar-refractivity contribution in [3.8, 4) is 0 Å². The van der Waals surface area contributed by atoms with E-state index in [4.69, 9.17) is 5.11 Å². The summed E-state index contributed by atoms with van der Waals surface area (Å²) in [6, 6.07) is 7.70. The Labute approximate surface area is 97.7 Å². The Kier molecular flexibility index (Phi) is 3.44. The second-order valence-corrected chi connectivity index (χ2v) is 3.67. The third-order valence-electron chi connectivity index (χ3n) is 2.46. The van der Waals surface area contributed by atoms with Crippen LogP contribution < -0.4 is 0 Å². The van der Waals surface area contributed by atoms with Gasteiger partial charge >= 0.3 is 5.97 Å². The molecule has 0 unspecified atom stereocenters. The molecule has 88 valence electrons. The number of benzene rings is 1. The Morgan fingerprint density at radius 1 is 1.29 bits per heavy atom. The Bertz CT molecular complexity index is 496. The maximum Gasteiger partial charge on any atom is 0.303 e. The smallest absolute Gasteiger partial charge is 0.303 e. The molecule has 1 aromatic carbocycles. The number of tetrazole rings is 1. The molecule has 1 heterocycles. The third kappa shape index (κ3) is 3.10. The van der Waals surface area contributed by atoms with Crippen LogP contribution in [-0.2, 0) is 17.6 Å². The first-order valence-corrected chi connectivity index (χ1v) is 5.26. The lowest BCUT2D eigenvalue weighted by Gasteiger charge is -2.05. The van der Waals surface area contributed by atoms with Gasteiger partial charge in [-0.1, -0.05) is 29.5 Å². The summed E-state index contributed by atoms with van der Waals surface area (Å²) in [4.78, 5) is 10.6. The fraction of sp³-hybridized carbons (Fsp3) is 0.273. The molecular weight excluding hydrogens is 220 g/mol. The van der Waals surface area contributed by atoms with Gasteiger partial charge in [0.1, 0.15) is 0 Å². The number of aromatic nitrogens is 4. The number of aryl methyl sites for hydroxylation is 1. The van der Waals surface area contributed by atoms with Crippen molar-refractivity contribution in [1.82, 2.24) is 20.6 Å². The molecule has 0 amide bonds. The maximum absolute atomic E-state index is 10.6. The van der Waals surface area contributed by atoms with Crippen molar-refractivity contribution in [1.29, 1.82) is 0 Å². The summed E-state index contributed by atoms with van der Waals surface area (Å²) in [5.74, 6) is -0.188. The topological polar surface area (TPSA) is 91.8 Å². The van der Waals surface area contributed by atoms with E-state index in [-0.39, 0.29) is 6.42 Å². The van der Waals surface area contributed by atoms with Crippen molar-refractivity contribution < 1.29 is 9.90 Å². The van der Waals surface area contributed by atoms with E-state index in [1.54, 1.807) is 0 Å². The summed E-state index contributed by atoms with van der Waals surface area (Å²) < 4.78 is 0. The van der Waals surface area contributed by atoms with Crippen LogP contribution >= 0.6 is 0 Å². The van der Waals surface area contributed by atoms with Crippen LogP contribution in [0, 0.1) is 0 Å².